The topological polar surface area (TPSA) is 55.1 Å². The van der Waals surface area contributed by atoms with E-state index < -0.39 is 5.41 Å². The Kier molecular flexibility index (Phi) is 2.44. The number of primary amides is 1. The molecule has 0 aliphatic carbocycles. The average Bonchev–Trinajstić information content (AvgIpc) is 2.13. The van der Waals surface area contributed by atoms with E-state index in [1.807, 2.05) is 0 Å². The van der Waals surface area contributed by atoms with Crippen molar-refractivity contribution in [1.29, 1.82) is 0 Å². The quantitative estimate of drug-likeness (QED) is 0.757. The van der Waals surface area contributed by atoms with Crippen LogP contribution in [0.15, 0.2) is 24.3 Å². The summed E-state index contributed by atoms with van der Waals surface area (Å²) in [5, 5.41) is 3.00. The highest BCUT2D eigenvalue weighted by Crippen LogP contribution is 2.28. The van der Waals surface area contributed by atoms with Crippen LogP contribution in [-0.4, -0.2) is 19.0 Å². The molecule has 1 aromatic rings. The van der Waals surface area contributed by atoms with Crippen LogP contribution in [0.1, 0.15) is 5.56 Å². The number of carbonyl (C=O) groups excluding carboxylic acids is 1. The molecule has 0 saturated carbocycles. The van der Waals surface area contributed by atoms with E-state index in [-0.39, 0.29) is 11.7 Å². The summed E-state index contributed by atoms with van der Waals surface area (Å²) in [6.45, 7) is 1.08. The molecule has 1 heterocycles. The number of hydrogen-bond donors (Lipinski definition) is 2. The molecule has 1 aliphatic heterocycles. The van der Waals surface area contributed by atoms with Crippen LogP contribution in [0.3, 0.4) is 0 Å². The summed E-state index contributed by atoms with van der Waals surface area (Å²) < 4.78 is 13.4. The van der Waals surface area contributed by atoms with Crippen LogP contribution in [0.4, 0.5) is 4.39 Å². The second-order valence-corrected chi connectivity index (χ2v) is 4.02. The van der Waals surface area contributed by atoms with Gasteiger partial charge in [0.05, 0.1) is 5.41 Å². The molecule has 1 amide bonds. The molecule has 1 fully saturated rings. The highest BCUT2D eigenvalue weighted by Gasteiger charge is 2.43. The summed E-state index contributed by atoms with van der Waals surface area (Å²) in [7, 11) is 0. The molecule has 3 nitrogen and oxygen atoms in total. The fourth-order valence-corrected chi connectivity index (χ4v) is 1.82. The van der Waals surface area contributed by atoms with Gasteiger partial charge in [-0.3, -0.25) is 4.79 Å². The minimum Gasteiger partial charge on any atom is -0.369 e. The smallest absolute Gasteiger partial charge is 0.226 e. The lowest BCUT2D eigenvalue weighted by Gasteiger charge is -2.39. The van der Waals surface area contributed by atoms with Crippen molar-refractivity contribution in [3.8, 4) is 0 Å². The monoisotopic (exact) mass is 208 g/mol. The Bertz CT molecular complexity index is 388. The molecule has 1 aliphatic rings. The van der Waals surface area contributed by atoms with Crippen molar-refractivity contribution in [3.63, 3.8) is 0 Å². The van der Waals surface area contributed by atoms with E-state index in [0.29, 0.717) is 25.1 Å². The van der Waals surface area contributed by atoms with Crippen LogP contribution in [-0.2, 0) is 11.2 Å². The lowest BCUT2D eigenvalue weighted by molar-refractivity contribution is -0.130. The number of rotatable bonds is 3. The standard InChI is InChI=1S/C11H13FN2O/c12-9-4-2-1-3-8(9)5-11(10(13)15)6-14-7-11/h1-4,14H,5-7H2,(H2,13,15). The first-order chi connectivity index (χ1) is 7.14. The van der Waals surface area contributed by atoms with Crippen molar-refractivity contribution in [2.45, 2.75) is 6.42 Å². The third kappa shape index (κ3) is 1.72. The van der Waals surface area contributed by atoms with Crippen LogP contribution >= 0.6 is 0 Å². The van der Waals surface area contributed by atoms with Crippen LogP contribution in [0.25, 0.3) is 0 Å². The van der Waals surface area contributed by atoms with Gasteiger partial charge in [0.1, 0.15) is 5.82 Å². The van der Waals surface area contributed by atoms with E-state index in [1.165, 1.54) is 6.07 Å². The fraction of sp³-hybridized carbons (Fsp3) is 0.364. The first-order valence-corrected chi connectivity index (χ1v) is 4.88. The fourth-order valence-electron chi connectivity index (χ4n) is 1.82. The molecule has 1 aromatic carbocycles. The second-order valence-electron chi connectivity index (χ2n) is 4.02. The molecule has 1 saturated heterocycles. The maximum absolute atomic E-state index is 13.4. The Labute approximate surface area is 87.5 Å². The Morgan fingerprint density at radius 2 is 2.13 bits per heavy atom. The zero-order chi connectivity index (χ0) is 10.9. The van der Waals surface area contributed by atoms with Gasteiger partial charge in [0.25, 0.3) is 0 Å². The van der Waals surface area contributed by atoms with Crippen molar-refractivity contribution >= 4 is 5.91 Å². The molecule has 0 atom stereocenters. The Morgan fingerprint density at radius 1 is 1.47 bits per heavy atom. The summed E-state index contributed by atoms with van der Waals surface area (Å²) in [6, 6.07) is 6.49. The van der Waals surface area contributed by atoms with Gasteiger partial charge in [0.2, 0.25) is 5.91 Å². The number of carbonyl (C=O) groups is 1. The van der Waals surface area contributed by atoms with Gasteiger partial charge in [0.15, 0.2) is 0 Å². The number of benzene rings is 1. The maximum atomic E-state index is 13.4. The molecule has 3 N–H and O–H groups in total. The molecule has 0 bridgehead atoms. The van der Waals surface area contributed by atoms with Crippen molar-refractivity contribution < 1.29 is 9.18 Å². The van der Waals surface area contributed by atoms with Crippen molar-refractivity contribution in [2.75, 3.05) is 13.1 Å². The number of hydrogen-bond acceptors (Lipinski definition) is 2. The highest BCUT2D eigenvalue weighted by molar-refractivity contribution is 5.82. The molecule has 0 aromatic heterocycles. The van der Waals surface area contributed by atoms with Gasteiger partial charge in [0, 0.05) is 13.1 Å². The van der Waals surface area contributed by atoms with Gasteiger partial charge in [-0.25, -0.2) is 4.39 Å². The van der Waals surface area contributed by atoms with Crippen molar-refractivity contribution in [3.05, 3.63) is 35.6 Å². The van der Waals surface area contributed by atoms with Gasteiger partial charge >= 0.3 is 0 Å². The van der Waals surface area contributed by atoms with Crippen molar-refractivity contribution in [1.82, 2.24) is 5.32 Å². The predicted molar refractivity (Wildman–Crippen MR) is 54.6 cm³/mol. The maximum Gasteiger partial charge on any atom is 0.226 e. The zero-order valence-corrected chi connectivity index (χ0v) is 8.29. The number of halogens is 1. The van der Waals surface area contributed by atoms with E-state index in [1.54, 1.807) is 18.2 Å². The number of nitrogens with one attached hydrogen (secondary N) is 1. The van der Waals surface area contributed by atoms with Crippen LogP contribution in [0.2, 0.25) is 0 Å². The summed E-state index contributed by atoms with van der Waals surface area (Å²) >= 11 is 0. The molecular weight excluding hydrogens is 195 g/mol. The van der Waals surface area contributed by atoms with E-state index in [0.717, 1.165) is 0 Å². The lowest BCUT2D eigenvalue weighted by atomic mass is 9.75. The van der Waals surface area contributed by atoms with Gasteiger partial charge in [-0.2, -0.15) is 0 Å². The van der Waals surface area contributed by atoms with Gasteiger partial charge in [-0.05, 0) is 18.1 Å². The number of amides is 1. The van der Waals surface area contributed by atoms with Gasteiger partial charge in [-0.1, -0.05) is 18.2 Å². The highest BCUT2D eigenvalue weighted by atomic mass is 19.1. The zero-order valence-electron chi connectivity index (χ0n) is 8.29. The minimum atomic E-state index is -0.595. The third-order valence-corrected chi connectivity index (χ3v) is 2.94. The molecule has 4 heteroatoms. The van der Waals surface area contributed by atoms with E-state index >= 15 is 0 Å². The normalized spacial score (nSPS) is 18.2. The first-order valence-electron chi connectivity index (χ1n) is 4.88. The Hall–Kier alpha value is -1.42. The molecule has 0 spiro atoms. The molecular formula is C11H13FN2O. The van der Waals surface area contributed by atoms with E-state index in [4.69, 9.17) is 5.73 Å². The van der Waals surface area contributed by atoms with Crippen molar-refractivity contribution in [2.24, 2.45) is 11.1 Å². The molecule has 2 rings (SSSR count). The first kappa shape index (κ1) is 10.1. The Morgan fingerprint density at radius 3 is 2.60 bits per heavy atom. The molecule has 80 valence electrons. The van der Waals surface area contributed by atoms with Gasteiger partial charge < -0.3 is 11.1 Å². The lowest BCUT2D eigenvalue weighted by Crippen LogP contribution is -2.61. The average molecular weight is 208 g/mol. The second kappa shape index (κ2) is 3.62. The Balaban J connectivity index is 2.21. The predicted octanol–water partition coefficient (Wildman–Crippen LogP) is 0.443. The SMILES string of the molecule is NC(=O)C1(Cc2ccccc2F)CNC1. The number of nitrogens with two attached hydrogens (primary N) is 1. The van der Waals surface area contributed by atoms with Crippen LogP contribution in [0, 0.1) is 11.2 Å². The third-order valence-electron chi connectivity index (χ3n) is 2.94. The summed E-state index contributed by atoms with van der Waals surface area (Å²) in [4.78, 5) is 11.3. The summed E-state index contributed by atoms with van der Waals surface area (Å²) in [6.07, 6.45) is 0.377. The van der Waals surface area contributed by atoms with Gasteiger partial charge in [-0.15, -0.1) is 0 Å². The van der Waals surface area contributed by atoms with E-state index in [2.05, 4.69) is 5.32 Å². The largest absolute Gasteiger partial charge is 0.369 e. The molecule has 0 unspecified atom stereocenters. The van der Waals surface area contributed by atoms with Crippen LogP contribution in [0.5, 0.6) is 0 Å². The molecule has 15 heavy (non-hydrogen) atoms. The van der Waals surface area contributed by atoms with E-state index in [9.17, 15) is 9.18 Å². The molecule has 0 radical (unpaired) electrons. The van der Waals surface area contributed by atoms with Crippen LogP contribution < -0.4 is 11.1 Å². The summed E-state index contributed by atoms with van der Waals surface area (Å²) in [5.74, 6) is -0.630. The minimum absolute atomic E-state index is 0.273. The summed E-state index contributed by atoms with van der Waals surface area (Å²) in [5.41, 5.74) is 5.29.